The first-order valence-electron chi connectivity index (χ1n) is 6.10. The summed E-state index contributed by atoms with van der Waals surface area (Å²) in [6.07, 6.45) is 4.28. The second-order valence-electron chi connectivity index (χ2n) is 4.61. The highest BCUT2D eigenvalue weighted by atomic mass is 35.5. The number of nitrogens with zero attached hydrogens (tertiary/aromatic N) is 5. The number of carboxylic acid groups (broad SMARTS) is 1. The van der Waals surface area contributed by atoms with Crippen molar-refractivity contribution in [2.24, 2.45) is 0 Å². The lowest BCUT2D eigenvalue weighted by atomic mass is 10.1. The van der Waals surface area contributed by atoms with Crippen LogP contribution >= 0.6 is 11.6 Å². The van der Waals surface area contributed by atoms with Crippen LogP contribution in [0.1, 0.15) is 26.9 Å². The normalized spacial score (nSPS) is 14.8. The van der Waals surface area contributed by atoms with Crippen LogP contribution in [0.5, 0.6) is 0 Å². The zero-order chi connectivity index (χ0) is 15.0. The number of amides is 1. The van der Waals surface area contributed by atoms with E-state index in [0.717, 1.165) is 0 Å². The number of likely N-dealkylation sites (tertiary alicyclic amines) is 1. The molecular formula is C12H10ClN5O3. The summed E-state index contributed by atoms with van der Waals surface area (Å²) in [6.45, 7) is 0.861. The van der Waals surface area contributed by atoms with E-state index in [1.807, 2.05) is 0 Å². The van der Waals surface area contributed by atoms with Crippen molar-refractivity contribution in [2.75, 3.05) is 13.1 Å². The summed E-state index contributed by atoms with van der Waals surface area (Å²) in [5.41, 5.74) is 0.284. The number of hydrogen-bond acceptors (Lipinski definition) is 5. The number of halogens is 1. The summed E-state index contributed by atoms with van der Waals surface area (Å²) in [6, 6.07) is 1.49. The maximum Gasteiger partial charge on any atom is 0.358 e. The predicted molar refractivity (Wildman–Crippen MR) is 71.2 cm³/mol. The number of rotatable bonds is 3. The number of carbonyl (C=O) groups excluding carboxylic acids is 1. The van der Waals surface area contributed by atoms with Gasteiger partial charge in [0.05, 0.1) is 22.8 Å². The summed E-state index contributed by atoms with van der Waals surface area (Å²) in [5.74, 6) is -1.31. The number of hydrogen-bond donors (Lipinski definition) is 1. The van der Waals surface area contributed by atoms with Crippen LogP contribution < -0.4 is 0 Å². The molecule has 1 amide bonds. The van der Waals surface area contributed by atoms with Gasteiger partial charge in [-0.2, -0.15) is 0 Å². The SMILES string of the molecule is O=C(O)c1cn(C2CN(C(=O)c3ccncc3Cl)C2)nn1. The van der Waals surface area contributed by atoms with E-state index < -0.39 is 5.97 Å². The fraction of sp³-hybridized carbons (Fsp3) is 0.250. The van der Waals surface area contributed by atoms with Crippen LogP contribution in [-0.2, 0) is 0 Å². The highest BCUT2D eigenvalue weighted by Crippen LogP contribution is 2.24. The Kier molecular flexibility index (Phi) is 3.30. The fourth-order valence-electron chi connectivity index (χ4n) is 2.06. The van der Waals surface area contributed by atoms with E-state index in [1.165, 1.54) is 23.3 Å². The number of aromatic carboxylic acids is 1. The van der Waals surface area contributed by atoms with Gasteiger partial charge in [0.15, 0.2) is 5.69 Å². The Morgan fingerprint density at radius 3 is 2.76 bits per heavy atom. The smallest absolute Gasteiger partial charge is 0.358 e. The number of carboxylic acids is 1. The van der Waals surface area contributed by atoms with E-state index in [9.17, 15) is 9.59 Å². The zero-order valence-corrected chi connectivity index (χ0v) is 11.4. The van der Waals surface area contributed by atoms with Crippen molar-refractivity contribution >= 4 is 23.5 Å². The molecule has 0 bridgehead atoms. The average molecular weight is 308 g/mol. The van der Waals surface area contributed by atoms with Gasteiger partial charge in [0.1, 0.15) is 0 Å². The second kappa shape index (κ2) is 5.13. The molecule has 2 aromatic heterocycles. The van der Waals surface area contributed by atoms with E-state index >= 15 is 0 Å². The summed E-state index contributed by atoms with van der Waals surface area (Å²) in [4.78, 5) is 28.4. The monoisotopic (exact) mass is 307 g/mol. The van der Waals surface area contributed by atoms with Crippen molar-refractivity contribution in [3.63, 3.8) is 0 Å². The highest BCUT2D eigenvalue weighted by molar-refractivity contribution is 6.33. The average Bonchev–Trinajstić information content (AvgIpc) is 2.87. The third-order valence-corrected chi connectivity index (χ3v) is 3.56. The minimum absolute atomic E-state index is 0.0739. The topological polar surface area (TPSA) is 101 Å². The Bertz CT molecular complexity index is 710. The molecule has 0 atom stereocenters. The lowest BCUT2D eigenvalue weighted by Gasteiger charge is -2.38. The van der Waals surface area contributed by atoms with E-state index in [4.69, 9.17) is 16.7 Å². The van der Waals surface area contributed by atoms with E-state index in [1.54, 1.807) is 11.0 Å². The molecule has 1 fully saturated rings. The molecule has 2 aromatic rings. The molecule has 21 heavy (non-hydrogen) atoms. The molecule has 3 rings (SSSR count). The summed E-state index contributed by atoms with van der Waals surface area (Å²) in [5, 5.41) is 16.4. The van der Waals surface area contributed by atoms with Gasteiger partial charge in [0.25, 0.3) is 5.91 Å². The van der Waals surface area contributed by atoms with Gasteiger partial charge in [-0.05, 0) is 6.07 Å². The Hall–Kier alpha value is -2.48. The molecule has 9 heteroatoms. The van der Waals surface area contributed by atoms with Crippen LogP contribution in [0.3, 0.4) is 0 Å². The van der Waals surface area contributed by atoms with E-state index in [0.29, 0.717) is 23.7 Å². The van der Waals surface area contributed by atoms with Crippen LogP contribution in [0.2, 0.25) is 5.02 Å². The molecule has 1 N–H and O–H groups in total. The van der Waals surface area contributed by atoms with Gasteiger partial charge < -0.3 is 10.0 Å². The van der Waals surface area contributed by atoms with Crippen LogP contribution in [-0.4, -0.2) is 55.0 Å². The van der Waals surface area contributed by atoms with Gasteiger partial charge in [-0.3, -0.25) is 9.78 Å². The van der Waals surface area contributed by atoms with Gasteiger partial charge >= 0.3 is 5.97 Å². The van der Waals surface area contributed by atoms with Crippen molar-refractivity contribution in [3.05, 3.63) is 40.9 Å². The third-order valence-electron chi connectivity index (χ3n) is 3.26. The van der Waals surface area contributed by atoms with Crippen molar-refractivity contribution in [1.82, 2.24) is 24.9 Å². The first-order chi connectivity index (χ1) is 10.1. The van der Waals surface area contributed by atoms with Crippen molar-refractivity contribution in [2.45, 2.75) is 6.04 Å². The summed E-state index contributed by atoms with van der Waals surface area (Å²) in [7, 11) is 0. The third kappa shape index (κ3) is 2.45. The van der Waals surface area contributed by atoms with Crippen LogP contribution in [0.4, 0.5) is 0 Å². The Labute approximate surface area is 124 Å². The first kappa shape index (κ1) is 13.5. The quantitative estimate of drug-likeness (QED) is 0.896. The van der Waals surface area contributed by atoms with Gasteiger partial charge in [-0.1, -0.05) is 16.8 Å². The number of carbonyl (C=O) groups is 2. The van der Waals surface area contributed by atoms with Crippen LogP contribution in [0.15, 0.2) is 24.7 Å². The number of pyridine rings is 1. The minimum atomic E-state index is -1.13. The van der Waals surface area contributed by atoms with Crippen molar-refractivity contribution < 1.29 is 14.7 Å². The molecule has 0 saturated carbocycles. The largest absolute Gasteiger partial charge is 0.476 e. The molecule has 0 aliphatic carbocycles. The van der Waals surface area contributed by atoms with Crippen LogP contribution in [0, 0.1) is 0 Å². The molecule has 0 radical (unpaired) electrons. The predicted octanol–water partition coefficient (Wildman–Crippen LogP) is 0.722. The second-order valence-corrected chi connectivity index (χ2v) is 5.02. The molecule has 3 heterocycles. The molecule has 1 saturated heterocycles. The first-order valence-corrected chi connectivity index (χ1v) is 6.48. The van der Waals surface area contributed by atoms with E-state index in [2.05, 4.69) is 15.3 Å². The molecule has 0 spiro atoms. The van der Waals surface area contributed by atoms with Gasteiger partial charge in [0, 0.05) is 25.5 Å². The Morgan fingerprint density at radius 2 is 2.14 bits per heavy atom. The minimum Gasteiger partial charge on any atom is -0.476 e. The van der Waals surface area contributed by atoms with Gasteiger partial charge in [-0.25, -0.2) is 9.48 Å². The molecule has 0 aromatic carbocycles. The summed E-state index contributed by atoms with van der Waals surface area (Å²) >= 11 is 5.93. The number of aromatic nitrogens is 4. The fourth-order valence-corrected chi connectivity index (χ4v) is 2.26. The van der Waals surface area contributed by atoms with Crippen molar-refractivity contribution in [1.29, 1.82) is 0 Å². The molecule has 0 unspecified atom stereocenters. The Morgan fingerprint density at radius 1 is 1.38 bits per heavy atom. The molecule has 8 nitrogen and oxygen atoms in total. The Balaban J connectivity index is 1.66. The maximum atomic E-state index is 12.2. The van der Waals surface area contributed by atoms with E-state index in [-0.39, 0.29) is 17.6 Å². The summed E-state index contributed by atoms with van der Waals surface area (Å²) < 4.78 is 1.46. The molecular weight excluding hydrogens is 298 g/mol. The zero-order valence-electron chi connectivity index (χ0n) is 10.7. The van der Waals surface area contributed by atoms with Gasteiger partial charge in [-0.15, -0.1) is 5.10 Å². The molecule has 108 valence electrons. The van der Waals surface area contributed by atoms with Gasteiger partial charge in [0.2, 0.25) is 0 Å². The maximum absolute atomic E-state index is 12.2. The highest BCUT2D eigenvalue weighted by Gasteiger charge is 2.34. The van der Waals surface area contributed by atoms with Crippen LogP contribution in [0.25, 0.3) is 0 Å². The molecule has 1 aliphatic rings. The lowest BCUT2D eigenvalue weighted by molar-refractivity contribution is 0.0497. The lowest BCUT2D eigenvalue weighted by Crippen LogP contribution is -2.51. The standard InChI is InChI=1S/C12H10ClN5O3/c13-9-3-14-2-1-8(9)11(19)17-4-7(5-17)18-6-10(12(20)21)15-16-18/h1-3,6-7H,4-5H2,(H,20,21). The molecule has 1 aliphatic heterocycles. The van der Waals surface area contributed by atoms with Crippen molar-refractivity contribution in [3.8, 4) is 0 Å².